The van der Waals surface area contributed by atoms with Crippen molar-refractivity contribution in [2.75, 3.05) is 11.4 Å². The van der Waals surface area contributed by atoms with Crippen LogP contribution in [-0.4, -0.2) is 26.9 Å². The molecule has 0 aliphatic heterocycles. The zero-order chi connectivity index (χ0) is 21.2. The number of benzene rings is 2. The van der Waals surface area contributed by atoms with Gasteiger partial charge in [-0.15, -0.1) is 0 Å². The minimum absolute atomic E-state index is 0.0454. The normalized spacial score (nSPS) is 12.5. The van der Waals surface area contributed by atoms with Crippen molar-refractivity contribution >= 4 is 21.6 Å². The molecule has 1 amide bonds. The quantitative estimate of drug-likeness (QED) is 0.776. The van der Waals surface area contributed by atoms with Gasteiger partial charge in [-0.1, -0.05) is 51.1 Å². The summed E-state index contributed by atoms with van der Waals surface area (Å²) >= 11 is 0. The third-order valence-corrected chi connectivity index (χ3v) is 6.10. The molecule has 0 saturated heterocycles. The van der Waals surface area contributed by atoms with Gasteiger partial charge in [-0.25, -0.2) is 8.42 Å². The first-order valence-electron chi connectivity index (χ1n) is 9.29. The fourth-order valence-electron chi connectivity index (χ4n) is 3.56. The van der Waals surface area contributed by atoms with Gasteiger partial charge in [0, 0.05) is 12.6 Å². The second-order valence-electron chi connectivity index (χ2n) is 8.88. The number of carbonyl (C=O) groups excluding carboxylic acids is 1. The summed E-state index contributed by atoms with van der Waals surface area (Å²) in [7, 11) is -2.30. The number of amides is 1. The van der Waals surface area contributed by atoms with Crippen molar-refractivity contribution in [3.8, 4) is 0 Å². The van der Waals surface area contributed by atoms with E-state index in [2.05, 4.69) is 26.1 Å². The lowest BCUT2D eigenvalue weighted by atomic mass is 9.81. The first-order chi connectivity index (χ1) is 12.8. The first-order valence-corrected chi connectivity index (χ1v) is 10.7. The molecular weight excluding hydrogens is 372 g/mol. The van der Waals surface area contributed by atoms with Crippen molar-refractivity contribution in [2.45, 2.75) is 51.5 Å². The summed E-state index contributed by atoms with van der Waals surface area (Å²) in [5, 5.41) is 3.06. The van der Waals surface area contributed by atoms with E-state index in [1.54, 1.807) is 54.6 Å². The molecule has 1 N–H and O–H groups in total. The van der Waals surface area contributed by atoms with E-state index in [9.17, 15) is 13.2 Å². The average molecular weight is 403 g/mol. The van der Waals surface area contributed by atoms with E-state index < -0.39 is 15.6 Å². The Kier molecular flexibility index (Phi) is 6.24. The summed E-state index contributed by atoms with van der Waals surface area (Å²) in [6.45, 7) is 10.3. The van der Waals surface area contributed by atoms with Crippen LogP contribution in [0.25, 0.3) is 0 Å². The van der Waals surface area contributed by atoms with E-state index >= 15 is 0 Å². The number of carbonyl (C=O) groups is 1. The second-order valence-corrected chi connectivity index (χ2v) is 10.8. The Labute approximate surface area is 168 Å². The highest BCUT2D eigenvalue weighted by molar-refractivity contribution is 7.92. The molecule has 2 rings (SSSR count). The fourth-order valence-corrected chi connectivity index (χ4v) is 4.80. The van der Waals surface area contributed by atoms with E-state index in [0.29, 0.717) is 11.3 Å². The van der Waals surface area contributed by atoms with Crippen LogP contribution in [0.5, 0.6) is 0 Å². The third-order valence-electron chi connectivity index (χ3n) is 4.31. The molecule has 0 aliphatic rings. The van der Waals surface area contributed by atoms with Crippen LogP contribution in [0.2, 0.25) is 0 Å². The van der Waals surface area contributed by atoms with Crippen LogP contribution in [0.15, 0.2) is 59.5 Å². The van der Waals surface area contributed by atoms with Gasteiger partial charge in [0.25, 0.3) is 15.9 Å². The van der Waals surface area contributed by atoms with Gasteiger partial charge in [0.15, 0.2) is 0 Å². The molecule has 2 aromatic rings. The largest absolute Gasteiger partial charge is 0.347 e. The Hall–Kier alpha value is -2.34. The maximum absolute atomic E-state index is 13.0. The molecule has 0 heterocycles. The van der Waals surface area contributed by atoms with Crippen molar-refractivity contribution < 1.29 is 13.2 Å². The topological polar surface area (TPSA) is 66.5 Å². The lowest BCUT2D eigenvalue weighted by molar-refractivity contribution is 0.0892. The van der Waals surface area contributed by atoms with Crippen molar-refractivity contribution in [2.24, 2.45) is 5.41 Å². The summed E-state index contributed by atoms with van der Waals surface area (Å²) < 4.78 is 27.1. The van der Waals surface area contributed by atoms with E-state index in [1.165, 1.54) is 7.05 Å². The molecule has 28 heavy (non-hydrogen) atoms. The smallest absolute Gasteiger partial charge is 0.264 e. The third kappa shape index (κ3) is 5.35. The molecule has 2 aromatic carbocycles. The zero-order valence-electron chi connectivity index (χ0n) is 17.5. The minimum Gasteiger partial charge on any atom is -0.347 e. The Morgan fingerprint density at radius 1 is 0.929 bits per heavy atom. The van der Waals surface area contributed by atoms with E-state index in [-0.39, 0.29) is 16.2 Å². The van der Waals surface area contributed by atoms with E-state index in [4.69, 9.17) is 0 Å². The lowest BCUT2D eigenvalue weighted by Crippen LogP contribution is -2.46. The number of nitrogens with zero attached hydrogens (tertiary/aromatic N) is 1. The van der Waals surface area contributed by atoms with Gasteiger partial charge >= 0.3 is 0 Å². The number of hydrogen-bond donors (Lipinski definition) is 1. The van der Waals surface area contributed by atoms with Gasteiger partial charge in [-0.3, -0.25) is 9.10 Å². The summed E-state index contributed by atoms with van der Waals surface area (Å²) in [6.07, 6.45) is 0.784. The van der Waals surface area contributed by atoms with Crippen LogP contribution in [0, 0.1) is 5.41 Å². The number of rotatable bonds is 6. The molecule has 0 atom stereocenters. The molecule has 152 valence electrons. The van der Waals surface area contributed by atoms with Crippen LogP contribution in [0.3, 0.4) is 0 Å². The Bertz CT molecular complexity index is 930. The van der Waals surface area contributed by atoms with Gasteiger partial charge < -0.3 is 5.32 Å². The maximum atomic E-state index is 13.0. The maximum Gasteiger partial charge on any atom is 0.264 e. The van der Waals surface area contributed by atoms with Crippen LogP contribution < -0.4 is 9.62 Å². The summed E-state index contributed by atoms with van der Waals surface area (Å²) in [4.78, 5) is 13.2. The van der Waals surface area contributed by atoms with Crippen LogP contribution >= 0.6 is 0 Å². The monoisotopic (exact) mass is 402 g/mol. The van der Waals surface area contributed by atoms with Crippen molar-refractivity contribution in [3.63, 3.8) is 0 Å². The molecule has 0 spiro atoms. The number of hydrogen-bond acceptors (Lipinski definition) is 3. The van der Waals surface area contributed by atoms with Gasteiger partial charge in [0.1, 0.15) is 0 Å². The number of anilines is 1. The molecule has 0 radical (unpaired) electrons. The van der Waals surface area contributed by atoms with Crippen LogP contribution in [-0.2, 0) is 10.0 Å². The standard InChI is InChI=1S/C22H30N2O3S/c1-21(2,3)16-22(4,5)23-20(25)18-14-10-11-15-19(18)24(6)28(26,27)17-12-8-7-9-13-17/h7-15H,16H2,1-6H3,(H,23,25). The first kappa shape index (κ1) is 22.0. The molecule has 0 fully saturated rings. The van der Waals surface area contributed by atoms with E-state index in [0.717, 1.165) is 10.7 Å². The van der Waals surface area contributed by atoms with Crippen LogP contribution in [0.1, 0.15) is 51.4 Å². The van der Waals surface area contributed by atoms with Gasteiger partial charge in [-0.05, 0) is 49.9 Å². The molecule has 5 nitrogen and oxygen atoms in total. The molecule has 0 bridgehead atoms. The summed E-state index contributed by atoms with van der Waals surface area (Å²) in [6, 6.07) is 14.9. The van der Waals surface area contributed by atoms with Crippen LogP contribution in [0.4, 0.5) is 5.69 Å². The number of para-hydroxylation sites is 1. The molecule has 0 aliphatic carbocycles. The average Bonchev–Trinajstić information content (AvgIpc) is 2.59. The minimum atomic E-state index is -3.77. The van der Waals surface area contributed by atoms with Gasteiger partial charge in [0.05, 0.1) is 16.1 Å². The zero-order valence-corrected chi connectivity index (χ0v) is 18.3. The highest BCUT2D eigenvalue weighted by atomic mass is 32.2. The molecule has 0 unspecified atom stereocenters. The Morgan fingerprint density at radius 3 is 2.04 bits per heavy atom. The number of sulfonamides is 1. The predicted octanol–water partition coefficient (Wildman–Crippen LogP) is 4.46. The SMILES string of the molecule is CN(c1ccccc1C(=O)NC(C)(C)CC(C)(C)C)S(=O)(=O)c1ccccc1. The van der Waals surface area contributed by atoms with Gasteiger partial charge in [-0.2, -0.15) is 0 Å². The van der Waals surface area contributed by atoms with E-state index in [1.807, 2.05) is 13.8 Å². The predicted molar refractivity (Wildman–Crippen MR) is 114 cm³/mol. The van der Waals surface area contributed by atoms with Gasteiger partial charge in [0.2, 0.25) is 0 Å². The Balaban J connectivity index is 2.36. The highest BCUT2D eigenvalue weighted by Gasteiger charge is 2.30. The number of nitrogens with one attached hydrogen (secondary N) is 1. The molecule has 6 heteroatoms. The fraction of sp³-hybridized carbons (Fsp3) is 0.409. The summed E-state index contributed by atoms with van der Waals surface area (Å²) in [5.41, 5.74) is 0.283. The van der Waals surface area contributed by atoms with Crippen molar-refractivity contribution in [3.05, 3.63) is 60.2 Å². The summed E-state index contributed by atoms with van der Waals surface area (Å²) in [5.74, 6) is -0.292. The lowest BCUT2D eigenvalue weighted by Gasteiger charge is -2.33. The van der Waals surface area contributed by atoms with Crippen molar-refractivity contribution in [1.29, 1.82) is 0 Å². The molecule has 0 aromatic heterocycles. The highest BCUT2D eigenvalue weighted by Crippen LogP contribution is 2.29. The Morgan fingerprint density at radius 2 is 1.46 bits per heavy atom. The van der Waals surface area contributed by atoms with Crippen molar-refractivity contribution in [1.82, 2.24) is 5.32 Å². The molecule has 0 saturated carbocycles. The molecular formula is C22H30N2O3S. The second kappa shape index (κ2) is 7.95.